The van der Waals surface area contributed by atoms with E-state index in [-0.39, 0.29) is 5.75 Å². The Labute approximate surface area is 120 Å². The average molecular weight is 284 g/mol. The number of anilines is 1. The number of rotatable bonds is 4. The Bertz CT molecular complexity index is 743. The number of benzene rings is 2. The number of nitrogens with zero attached hydrogens (tertiary/aromatic N) is 3. The third kappa shape index (κ3) is 2.84. The topological polar surface area (TPSA) is 63.0 Å². The molecule has 0 saturated carbocycles. The lowest BCUT2D eigenvalue weighted by molar-refractivity contribution is 0.432. The molecule has 2 aromatic carbocycles. The van der Waals surface area contributed by atoms with Crippen LogP contribution >= 0.6 is 0 Å². The van der Waals surface area contributed by atoms with E-state index in [4.69, 9.17) is 0 Å². The second kappa shape index (κ2) is 5.62. The zero-order valence-electron chi connectivity index (χ0n) is 11.1. The summed E-state index contributed by atoms with van der Waals surface area (Å²) in [5.74, 6) is -0.972. The van der Waals surface area contributed by atoms with Gasteiger partial charge in [-0.1, -0.05) is 18.2 Å². The number of nitrogens with one attached hydrogen (secondary N) is 1. The van der Waals surface area contributed by atoms with Gasteiger partial charge < -0.3 is 10.4 Å². The molecule has 0 saturated heterocycles. The first-order valence-electron chi connectivity index (χ1n) is 6.39. The van der Waals surface area contributed by atoms with E-state index >= 15 is 0 Å². The predicted octanol–water partition coefficient (Wildman–Crippen LogP) is 2.72. The highest BCUT2D eigenvalue weighted by Crippen LogP contribution is 2.21. The van der Waals surface area contributed by atoms with Crippen LogP contribution in [-0.4, -0.2) is 19.9 Å². The van der Waals surface area contributed by atoms with Crippen LogP contribution in [0.2, 0.25) is 0 Å². The minimum atomic E-state index is -0.626. The molecule has 106 valence electrons. The molecule has 21 heavy (non-hydrogen) atoms. The number of hydrogen-bond acceptors (Lipinski definition) is 4. The SMILES string of the molecule is Oc1ccc(CNc2ccccc2-n2cncn2)cc1F. The highest BCUT2D eigenvalue weighted by atomic mass is 19.1. The van der Waals surface area contributed by atoms with Crippen molar-refractivity contribution in [2.24, 2.45) is 0 Å². The van der Waals surface area contributed by atoms with Gasteiger partial charge in [-0.2, -0.15) is 5.10 Å². The fourth-order valence-electron chi connectivity index (χ4n) is 2.01. The number of para-hydroxylation sites is 2. The number of aromatic nitrogens is 3. The van der Waals surface area contributed by atoms with E-state index in [9.17, 15) is 9.50 Å². The van der Waals surface area contributed by atoms with Crippen molar-refractivity contribution >= 4 is 5.69 Å². The molecule has 6 heteroatoms. The molecule has 0 aliphatic rings. The summed E-state index contributed by atoms with van der Waals surface area (Å²) in [5.41, 5.74) is 2.45. The fraction of sp³-hybridized carbons (Fsp3) is 0.0667. The quantitative estimate of drug-likeness (QED) is 0.773. The maximum absolute atomic E-state index is 13.3. The van der Waals surface area contributed by atoms with Crippen molar-refractivity contribution in [3.63, 3.8) is 0 Å². The maximum atomic E-state index is 13.3. The van der Waals surface area contributed by atoms with Crippen LogP contribution in [0.5, 0.6) is 5.75 Å². The van der Waals surface area contributed by atoms with Crippen molar-refractivity contribution in [2.45, 2.75) is 6.54 Å². The molecule has 0 spiro atoms. The van der Waals surface area contributed by atoms with Gasteiger partial charge >= 0.3 is 0 Å². The third-order valence-corrected chi connectivity index (χ3v) is 3.06. The molecule has 0 fully saturated rings. The normalized spacial score (nSPS) is 10.5. The zero-order chi connectivity index (χ0) is 14.7. The first-order valence-corrected chi connectivity index (χ1v) is 6.39. The lowest BCUT2D eigenvalue weighted by Crippen LogP contribution is -2.05. The summed E-state index contributed by atoms with van der Waals surface area (Å²) < 4.78 is 15.0. The lowest BCUT2D eigenvalue weighted by atomic mass is 10.2. The monoisotopic (exact) mass is 284 g/mol. The van der Waals surface area contributed by atoms with E-state index < -0.39 is 5.82 Å². The van der Waals surface area contributed by atoms with Crippen LogP contribution in [0, 0.1) is 5.82 Å². The van der Waals surface area contributed by atoms with Crippen molar-refractivity contribution in [1.29, 1.82) is 0 Å². The van der Waals surface area contributed by atoms with Gasteiger partial charge in [-0.15, -0.1) is 0 Å². The van der Waals surface area contributed by atoms with Crippen molar-refractivity contribution < 1.29 is 9.50 Å². The molecule has 1 aromatic heterocycles. The van der Waals surface area contributed by atoms with E-state index in [0.29, 0.717) is 6.54 Å². The molecule has 2 N–H and O–H groups in total. The number of halogens is 1. The van der Waals surface area contributed by atoms with Crippen molar-refractivity contribution in [2.75, 3.05) is 5.32 Å². The van der Waals surface area contributed by atoms with Gasteiger partial charge in [0.25, 0.3) is 0 Å². The largest absolute Gasteiger partial charge is 0.505 e. The Morgan fingerprint density at radius 3 is 2.81 bits per heavy atom. The van der Waals surface area contributed by atoms with Crippen LogP contribution in [0.4, 0.5) is 10.1 Å². The minimum absolute atomic E-state index is 0.346. The molecule has 0 radical (unpaired) electrons. The van der Waals surface area contributed by atoms with Crippen LogP contribution in [0.25, 0.3) is 5.69 Å². The zero-order valence-corrected chi connectivity index (χ0v) is 11.1. The molecule has 0 atom stereocenters. The van der Waals surface area contributed by atoms with E-state index in [1.165, 1.54) is 18.5 Å². The Morgan fingerprint density at radius 2 is 2.05 bits per heavy atom. The molecule has 0 amide bonds. The van der Waals surface area contributed by atoms with Crippen molar-refractivity contribution in [3.05, 3.63) is 66.5 Å². The molecular weight excluding hydrogens is 271 g/mol. The summed E-state index contributed by atoms with van der Waals surface area (Å²) in [7, 11) is 0. The summed E-state index contributed by atoms with van der Waals surface area (Å²) in [5, 5.41) is 16.5. The summed E-state index contributed by atoms with van der Waals surface area (Å²) in [6.45, 7) is 0.433. The molecule has 1 heterocycles. The molecule has 0 aliphatic heterocycles. The van der Waals surface area contributed by atoms with Gasteiger partial charge in [0.2, 0.25) is 0 Å². The molecule has 3 aromatic rings. The van der Waals surface area contributed by atoms with Gasteiger partial charge in [0, 0.05) is 6.54 Å². The number of phenolic OH excluding ortho intramolecular Hbond substituents is 1. The van der Waals surface area contributed by atoms with Crippen LogP contribution < -0.4 is 5.32 Å². The Kier molecular flexibility index (Phi) is 3.51. The van der Waals surface area contributed by atoms with Crippen molar-refractivity contribution in [3.8, 4) is 11.4 Å². The molecule has 0 unspecified atom stereocenters. The lowest BCUT2D eigenvalue weighted by Gasteiger charge is -2.11. The number of aromatic hydroxyl groups is 1. The second-order valence-electron chi connectivity index (χ2n) is 4.50. The minimum Gasteiger partial charge on any atom is -0.505 e. The summed E-state index contributed by atoms with van der Waals surface area (Å²) in [4.78, 5) is 3.93. The molecule has 0 bridgehead atoms. The van der Waals surface area contributed by atoms with Gasteiger partial charge in [-0.05, 0) is 29.8 Å². The number of hydrogen-bond donors (Lipinski definition) is 2. The highest BCUT2D eigenvalue weighted by Gasteiger charge is 2.05. The fourth-order valence-corrected chi connectivity index (χ4v) is 2.01. The Morgan fingerprint density at radius 1 is 1.19 bits per heavy atom. The molecule has 3 rings (SSSR count). The second-order valence-corrected chi connectivity index (χ2v) is 4.50. The predicted molar refractivity (Wildman–Crippen MR) is 76.8 cm³/mol. The number of phenols is 1. The maximum Gasteiger partial charge on any atom is 0.165 e. The third-order valence-electron chi connectivity index (χ3n) is 3.06. The van der Waals surface area contributed by atoms with Crippen LogP contribution in [0.1, 0.15) is 5.56 Å². The first kappa shape index (κ1) is 13.1. The van der Waals surface area contributed by atoms with Gasteiger partial charge in [-0.25, -0.2) is 14.1 Å². The first-order chi connectivity index (χ1) is 10.2. The summed E-state index contributed by atoms with van der Waals surface area (Å²) in [6.07, 6.45) is 3.08. The van der Waals surface area contributed by atoms with E-state index in [0.717, 1.165) is 16.9 Å². The Balaban J connectivity index is 1.81. The van der Waals surface area contributed by atoms with E-state index in [1.807, 2.05) is 24.3 Å². The van der Waals surface area contributed by atoms with Gasteiger partial charge in [0.1, 0.15) is 12.7 Å². The van der Waals surface area contributed by atoms with Gasteiger partial charge in [0.05, 0.1) is 11.4 Å². The van der Waals surface area contributed by atoms with Crippen LogP contribution in [0.3, 0.4) is 0 Å². The highest BCUT2D eigenvalue weighted by molar-refractivity contribution is 5.60. The summed E-state index contributed by atoms with van der Waals surface area (Å²) in [6, 6.07) is 11.9. The van der Waals surface area contributed by atoms with Crippen LogP contribution in [-0.2, 0) is 6.54 Å². The van der Waals surface area contributed by atoms with Gasteiger partial charge in [0.15, 0.2) is 11.6 Å². The van der Waals surface area contributed by atoms with Crippen molar-refractivity contribution in [1.82, 2.24) is 14.8 Å². The smallest absolute Gasteiger partial charge is 0.165 e. The summed E-state index contributed by atoms with van der Waals surface area (Å²) >= 11 is 0. The molecule has 0 aliphatic carbocycles. The standard InChI is InChI=1S/C15H13FN4O/c16-12-7-11(5-6-15(12)21)8-18-13-3-1-2-4-14(13)20-10-17-9-19-20/h1-7,9-10,18,21H,8H2. The van der Waals surface area contributed by atoms with E-state index in [2.05, 4.69) is 15.4 Å². The van der Waals surface area contributed by atoms with Gasteiger partial charge in [-0.3, -0.25) is 0 Å². The molecule has 5 nitrogen and oxygen atoms in total. The van der Waals surface area contributed by atoms with Crippen LogP contribution in [0.15, 0.2) is 55.1 Å². The van der Waals surface area contributed by atoms with E-state index in [1.54, 1.807) is 17.1 Å². The average Bonchev–Trinajstić information content (AvgIpc) is 3.03. The Hall–Kier alpha value is -2.89. The molecular formula is C15H13FN4O.